The van der Waals surface area contributed by atoms with E-state index in [0.717, 1.165) is 4.90 Å². The third kappa shape index (κ3) is 6.28. The molecule has 1 amide bonds. The van der Waals surface area contributed by atoms with Crippen LogP contribution in [0.1, 0.15) is 6.92 Å². The number of amides is 1. The van der Waals surface area contributed by atoms with Crippen LogP contribution in [0.5, 0.6) is 0 Å². The number of carboxylic acid groups (broad SMARTS) is 2. The number of aliphatic carboxylic acids is 1. The molecule has 7 heteroatoms. The van der Waals surface area contributed by atoms with E-state index >= 15 is 0 Å². The summed E-state index contributed by atoms with van der Waals surface area (Å²) in [5.74, 6) is -1.15. The minimum absolute atomic E-state index is 0. The van der Waals surface area contributed by atoms with Crippen LogP contribution in [-0.2, 0) is 4.79 Å². The van der Waals surface area contributed by atoms with Crippen molar-refractivity contribution in [2.75, 3.05) is 7.05 Å². The Morgan fingerprint density at radius 2 is 1.58 bits per heavy atom. The van der Waals surface area contributed by atoms with E-state index in [1.807, 2.05) is 0 Å². The zero-order valence-corrected chi connectivity index (χ0v) is 5.74. The van der Waals surface area contributed by atoms with Gasteiger partial charge in [0.1, 0.15) is 6.04 Å². The van der Waals surface area contributed by atoms with E-state index in [2.05, 4.69) is 0 Å². The third-order valence-corrected chi connectivity index (χ3v) is 1.24. The average molecular weight is 195 g/mol. The van der Waals surface area contributed by atoms with Gasteiger partial charge in [0.25, 0.3) is 0 Å². The number of rotatable bonds is 2. The van der Waals surface area contributed by atoms with Crippen molar-refractivity contribution in [2.24, 2.45) is 0 Å². The molecule has 0 radical (unpaired) electrons. The molecule has 62 valence electrons. The van der Waals surface area contributed by atoms with E-state index in [4.69, 9.17) is 10.2 Å². The molecule has 1 atom stereocenters. The van der Waals surface area contributed by atoms with Gasteiger partial charge < -0.3 is 10.2 Å². The SMILES string of the molecule is CC(C(=O)O)N(C)C(=O)O.[NaH].[NaH]. The van der Waals surface area contributed by atoms with Gasteiger partial charge >= 0.3 is 71.2 Å². The predicted molar refractivity (Wildman–Crippen MR) is 47.2 cm³/mol. The fourth-order valence-corrected chi connectivity index (χ4v) is 0.331. The van der Waals surface area contributed by atoms with Crippen molar-refractivity contribution in [1.82, 2.24) is 4.90 Å². The van der Waals surface area contributed by atoms with Crippen LogP contribution >= 0.6 is 0 Å². The Morgan fingerprint density at radius 1 is 1.25 bits per heavy atom. The number of hydrogen-bond donors (Lipinski definition) is 2. The predicted octanol–water partition coefficient (Wildman–Crippen LogP) is -1.23. The molecule has 0 saturated carbocycles. The first-order valence-electron chi connectivity index (χ1n) is 2.65. The summed E-state index contributed by atoms with van der Waals surface area (Å²) in [4.78, 5) is 21.0. The molecule has 12 heavy (non-hydrogen) atoms. The summed E-state index contributed by atoms with van der Waals surface area (Å²) >= 11 is 0. The molecule has 0 aromatic carbocycles. The van der Waals surface area contributed by atoms with Crippen molar-refractivity contribution in [2.45, 2.75) is 13.0 Å². The second-order valence-electron chi connectivity index (χ2n) is 1.91. The van der Waals surface area contributed by atoms with E-state index in [0.29, 0.717) is 0 Å². The normalized spacial score (nSPS) is 10.2. The van der Waals surface area contributed by atoms with Gasteiger partial charge in [0.2, 0.25) is 0 Å². The minimum atomic E-state index is -1.24. The van der Waals surface area contributed by atoms with Crippen LogP contribution in [0, 0.1) is 0 Å². The van der Waals surface area contributed by atoms with E-state index in [1.54, 1.807) is 0 Å². The van der Waals surface area contributed by atoms with Crippen molar-refractivity contribution < 1.29 is 19.8 Å². The zero-order valence-electron chi connectivity index (χ0n) is 5.74. The summed E-state index contributed by atoms with van der Waals surface area (Å²) in [5, 5.41) is 16.6. The van der Waals surface area contributed by atoms with Crippen molar-refractivity contribution in [3.8, 4) is 0 Å². The van der Waals surface area contributed by atoms with E-state index in [1.165, 1.54) is 14.0 Å². The van der Waals surface area contributed by atoms with E-state index in [-0.39, 0.29) is 59.1 Å². The van der Waals surface area contributed by atoms with Gasteiger partial charge in [-0.1, -0.05) is 0 Å². The van der Waals surface area contributed by atoms with Crippen molar-refractivity contribution in [3.05, 3.63) is 0 Å². The summed E-state index contributed by atoms with van der Waals surface area (Å²) in [7, 11) is 1.21. The number of likely N-dealkylation sites (N-methyl/N-ethyl adjacent to an activating group) is 1. The Labute approximate surface area is 115 Å². The number of carbonyl (C=O) groups is 2. The van der Waals surface area contributed by atoms with Crippen LogP contribution in [0.3, 0.4) is 0 Å². The summed E-state index contributed by atoms with van der Waals surface area (Å²) in [6, 6.07) is -0.988. The molecule has 0 aromatic heterocycles. The summed E-state index contributed by atoms with van der Waals surface area (Å²) < 4.78 is 0. The molecule has 0 heterocycles. The quantitative estimate of drug-likeness (QED) is 0.541. The Hall–Kier alpha value is 0.740. The van der Waals surface area contributed by atoms with Crippen LogP contribution in [0.15, 0.2) is 0 Å². The molecule has 0 aliphatic rings. The summed E-state index contributed by atoms with van der Waals surface area (Å²) in [5.41, 5.74) is 0. The first kappa shape index (κ1) is 18.5. The van der Waals surface area contributed by atoms with Gasteiger partial charge in [-0.05, 0) is 6.92 Å². The van der Waals surface area contributed by atoms with Gasteiger partial charge in [-0.3, -0.25) is 4.90 Å². The first-order valence-corrected chi connectivity index (χ1v) is 2.65. The molecule has 0 rings (SSSR count). The van der Waals surface area contributed by atoms with Gasteiger partial charge in [0.05, 0.1) is 0 Å². The first-order chi connectivity index (χ1) is 4.46. The van der Waals surface area contributed by atoms with Crippen LogP contribution in [0.4, 0.5) is 4.79 Å². The molecule has 0 saturated heterocycles. The molecule has 1 unspecified atom stereocenters. The Bertz CT molecular complexity index is 146. The molecule has 0 fully saturated rings. The summed E-state index contributed by atoms with van der Waals surface area (Å²) in [6.07, 6.45) is -1.24. The van der Waals surface area contributed by atoms with Gasteiger partial charge in [0.15, 0.2) is 0 Å². The molecule has 0 aromatic rings. The van der Waals surface area contributed by atoms with Gasteiger partial charge in [-0.25, -0.2) is 9.59 Å². The molecule has 5 nitrogen and oxygen atoms in total. The molecule has 0 bridgehead atoms. The molecular formula is C5H11NNa2O4. The maximum absolute atomic E-state index is 10.1. The van der Waals surface area contributed by atoms with Gasteiger partial charge in [-0.15, -0.1) is 0 Å². The third-order valence-electron chi connectivity index (χ3n) is 1.24. The number of hydrogen-bond acceptors (Lipinski definition) is 2. The maximum atomic E-state index is 10.1. The molecule has 0 aliphatic carbocycles. The standard InChI is InChI=1S/C5H9NO4.2Na.2H/c1-3(4(7)8)6(2)5(9)10;;;;/h3H,1-2H3,(H,7,8)(H,9,10);;;;. The monoisotopic (exact) mass is 195 g/mol. The Kier molecular flexibility index (Phi) is 12.9. The van der Waals surface area contributed by atoms with Crippen LogP contribution < -0.4 is 0 Å². The average Bonchev–Trinajstić information content (AvgIpc) is 1.84. The Balaban J connectivity index is -0.000000405. The number of nitrogens with zero attached hydrogens (tertiary/aromatic N) is 1. The molecular weight excluding hydrogens is 184 g/mol. The topological polar surface area (TPSA) is 77.8 Å². The van der Waals surface area contributed by atoms with Crippen molar-refractivity contribution in [1.29, 1.82) is 0 Å². The van der Waals surface area contributed by atoms with Gasteiger partial charge in [-0.2, -0.15) is 0 Å². The van der Waals surface area contributed by atoms with Crippen molar-refractivity contribution in [3.63, 3.8) is 0 Å². The second kappa shape index (κ2) is 8.34. The van der Waals surface area contributed by atoms with Gasteiger partial charge in [0, 0.05) is 7.05 Å². The van der Waals surface area contributed by atoms with Crippen molar-refractivity contribution >= 4 is 71.2 Å². The van der Waals surface area contributed by atoms with Crippen LogP contribution in [0.2, 0.25) is 0 Å². The fraction of sp³-hybridized carbons (Fsp3) is 0.600. The molecule has 0 spiro atoms. The number of carboxylic acids is 1. The van der Waals surface area contributed by atoms with Crippen LogP contribution in [0.25, 0.3) is 0 Å². The van der Waals surface area contributed by atoms with Crippen LogP contribution in [-0.4, -0.2) is 99.4 Å². The van der Waals surface area contributed by atoms with E-state index in [9.17, 15) is 9.59 Å². The summed E-state index contributed by atoms with van der Waals surface area (Å²) in [6.45, 7) is 1.30. The zero-order chi connectivity index (χ0) is 8.31. The van der Waals surface area contributed by atoms with E-state index < -0.39 is 18.1 Å². The molecule has 2 N–H and O–H groups in total. The fourth-order valence-electron chi connectivity index (χ4n) is 0.331. The molecule has 0 aliphatic heterocycles. The second-order valence-corrected chi connectivity index (χ2v) is 1.91. The Morgan fingerprint density at radius 3 is 1.67 bits per heavy atom.